The number of anilines is 1. The summed E-state index contributed by atoms with van der Waals surface area (Å²) in [5.74, 6) is 0.890. The molecule has 3 heterocycles. The average molecular weight is 352 g/mol. The molecule has 1 saturated heterocycles. The number of rotatable bonds is 4. The molecule has 5 nitrogen and oxygen atoms in total. The number of aromatic nitrogens is 2. The van der Waals surface area contributed by atoms with Crippen LogP contribution in [-0.4, -0.2) is 35.2 Å². The number of aryl methyl sites for hydroxylation is 1. The Hall–Kier alpha value is -2.47. The normalized spacial score (nSPS) is 17.2. The number of hydrogen-bond acceptors (Lipinski definition) is 5. The first-order chi connectivity index (χ1) is 12.2. The van der Waals surface area contributed by atoms with Gasteiger partial charge >= 0.3 is 0 Å². The van der Waals surface area contributed by atoms with Gasteiger partial charge in [0, 0.05) is 30.0 Å². The van der Waals surface area contributed by atoms with E-state index in [0.29, 0.717) is 6.54 Å². The highest BCUT2D eigenvalue weighted by Gasteiger charge is 2.26. The lowest BCUT2D eigenvalue weighted by molar-refractivity contribution is 0.0955. The molecule has 0 aliphatic carbocycles. The smallest absolute Gasteiger partial charge is 0.261 e. The predicted octanol–water partition coefficient (Wildman–Crippen LogP) is 3.40. The van der Waals surface area contributed by atoms with E-state index in [1.165, 1.54) is 5.56 Å². The predicted molar refractivity (Wildman–Crippen MR) is 101 cm³/mol. The van der Waals surface area contributed by atoms with Gasteiger partial charge < -0.3 is 10.2 Å². The fourth-order valence-corrected chi connectivity index (χ4v) is 4.33. The summed E-state index contributed by atoms with van der Waals surface area (Å²) < 4.78 is 1.15. The number of nitrogens with one attached hydrogen (secondary N) is 1. The largest absolute Gasteiger partial charge is 0.350 e. The maximum Gasteiger partial charge on any atom is 0.261 e. The third kappa shape index (κ3) is 3.35. The molecule has 128 valence electrons. The van der Waals surface area contributed by atoms with Gasteiger partial charge in [0.1, 0.15) is 0 Å². The van der Waals surface area contributed by atoms with Crippen molar-refractivity contribution in [2.75, 3.05) is 18.0 Å². The SMILES string of the molecule is Cc1ccc2sc(C(=O)NCC3CCCN3c3cccnn3)cc2c1. The van der Waals surface area contributed by atoms with Gasteiger partial charge in [0.05, 0.1) is 4.88 Å². The summed E-state index contributed by atoms with van der Waals surface area (Å²) in [6, 6.07) is 12.4. The Morgan fingerprint density at radius 3 is 3.12 bits per heavy atom. The Morgan fingerprint density at radius 2 is 2.28 bits per heavy atom. The number of fused-ring (bicyclic) bond motifs is 1. The molecule has 1 fully saturated rings. The fourth-order valence-electron chi connectivity index (χ4n) is 3.37. The lowest BCUT2D eigenvalue weighted by Crippen LogP contribution is -2.40. The molecule has 0 spiro atoms. The molecular formula is C19H20N4OS. The van der Waals surface area contributed by atoms with Gasteiger partial charge in [-0.3, -0.25) is 4.79 Å². The van der Waals surface area contributed by atoms with Gasteiger partial charge in [-0.05, 0) is 49.4 Å². The highest BCUT2D eigenvalue weighted by molar-refractivity contribution is 7.20. The van der Waals surface area contributed by atoms with Crippen molar-refractivity contribution in [2.24, 2.45) is 0 Å². The molecule has 1 aliphatic heterocycles. The summed E-state index contributed by atoms with van der Waals surface area (Å²) in [5.41, 5.74) is 1.21. The molecule has 6 heteroatoms. The molecule has 1 amide bonds. The molecular weight excluding hydrogens is 332 g/mol. The van der Waals surface area contributed by atoms with Gasteiger partial charge in [-0.1, -0.05) is 17.7 Å². The molecule has 0 bridgehead atoms. The van der Waals surface area contributed by atoms with E-state index in [4.69, 9.17) is 0 Å². The van der Waals surface area contributed by atoms with Gasteiger partial charge in [0.15, 0.2) is 5.82 Å². The van der Waals surface area contributed by atoms with Crippen molar-refractivity contribution in [1.29, 1.82) is 0 Å². The summed E-state index contributed by atoms with van der Waals surface area (Å²) in [6.07, 6.45) is 3.85. The second-order valence-corrected chi connectivity index (χ2v) is 7.52. The van der Waals surface area contributed by atoms with Gasteiger partial charge in [-0.15, -0.1) is 16.4 Å². The van der Waals surface area contributed by atoms with Crippen molar-refractivity contribution in [1.82, 2.24) is 15.5 Å². The van der Waals surface area contributed by atoms with E-state index in [-0.39, 0.29) is 11.9 Å². The van der Waals surface area contributed by atoms with Crippen LogP contribution in [0.3, 0.4) is 0 Å². The van der Waals surface area contributed by atoms with Gasteiger partial charge in [-0.25, -0.2) is 0 Å². The van der Waals surface area contributed by atoms with Gasteiger partial charge in [-0.2, -0.15) is 5.10 Å². The highest BCUT2D eigenvalue weighted by Crippen LogP contribution is 2.27. The Bertz CT molecular complexity index is 893. The molecule has 1 aromatic carbocycles. The number of carbonyl (C=O) groups excluding carboxylic acids is 1. The molecule has 1 N–H and O–H groups in total. The van der Waals surface area contributed by atoms with Crippen LogP contribution in [0.1, 0.15) is 28.1 Å². The van der Waals surface area contributed by atoms with E-state index in [2.05, 4.69) is 45.5 Å². The Kier molecular flexibility index (Phi) is 4.36. The van der Waals surface area contributed by atoms with Crippen molar-refractivity contribution in [3.8, 4) is 0 Å². The first kappa shape index (κ1) is 16.0. The number of carbonyl (C=O) groups is 1. The Labute approximate surface area is 150 Å². The zero-order valence-electron chi connectivity index (χ0n) is 14.1. The molecule has 1 unspecified atom stereocenters. The number of thiophene rings is 1. The second-order valence-electron chi connectivity index (χ2n) is 6.43. The van der Waals surface area contributed by atoms with Crippen LogP contribution in [0.25, 0.3) is 10.1 Å². The maximum absolute atomic E-state index is 12.6. The average Bonchev–Trinajstić information content (AvgIpc) is 3.26. The number of hydrogen-bond donors (Lipinski definition) is 1. The quantitative estimate of drug-likeness (QED) is 0.782. The number of amides is 1. The molecule has 4 rings (SSSR count). The van der Waals surface area contributed by atoms with Crippen molar-refractivity contribution < 1.29 is 4.79 Å². The third-order valence-electron chi connectivity index (χ3n) is 4.62. The van der Waals surface area contributed by atoms with Crippen LogP contribution in [0.4, 0.5) is 5.82 Å². The minimum Gasteiger partial charge on any atom is -0.350 e. The van der Waals surface area contributed by atoms with E-state index in [1.54, 1.807) is 17.5 Å². The molecule has 0 radical (unpaired) electrons. The van der Waals surface area contributed by atoms with Gasteiger partial charge in [0.2, 0.25) is 0 Å². The summed E-state index contributed by atoms with van der Waals surface area (Å²) >= 11 is 1.55. The van der Waals surface area contributed by atoms with Gasteiger partial charge in [0.25, 0.3) is 5.91 Å². The molecule has 0 saturated carbocycles. The van der Waals surface area contributed by atoms with Crippen molar-refractivity contribution >= 4 is 33.1 Å². The van der Waals surface area contributed by atoms with Crippen LogP contribution in [0, 0.1) is 6.92 Å². The Balaban J connectivity index is 1.44. The van der Waals surface area contributed by atoms with Crippen LogP contribution < -0.4 is 10.2 Å². The van der Waals surface area contributed by atoms with E-state index in [0.717, 1.165) is 40.2 Å². The third-order valence-corrected chi connectivity index (χ3v) is 5.74. The fraction of sp³-hybridized carbons (Fsp3) is 0.316. The lowest BCUT2D eigenvalue weighted by Gasteiger charge is -2.25. The molecule has 1 aliphatic rings. The summed E-state index contributed by atoms with van der Waals surface area (Å²) in [7, 11) is 0. The maximum atomic E-state index is 12.6. The number of nitrogens with zero attached hydrogens (tertiary/aromatic N) is 3. The zero-order valence-corrected chi connectivity index (χ0v) is 14.9. The lowest BCUT2D eigenvalue weighted by atomic mass is 10.2. The van der Waals surface area contributed by atoms with E-state index >= 15 is 0 Å². The van der Waals surface area contributed by atoms with Crippen LogP contribution in [0.5, 0.6) is 0 Å². The first-order valence-electron chi connectivity index (χ1n) is 8.53. The van der Waals surface area contributed by atoms with Crippen LogP contribution in [-0.2, 0) is 0 Å². The van der Waals surface area contributed by atoms with E-state index in [9.17, 15) is 4.79 Å². The zero-order chi connectivity index (χ0) is 17.2. The van der Waals surface area contributed by atoms with E-state index in [1.807, 2.05) is 18.2 Å². The van der Waals surface area contributed by atoms with Crippen LogP contribution >= 0.6 is 11.3 Å². The molecule has 3 aromatic rings. The molecule has 2 aromatic heterocycles. The van der Waals surface area contributed by atoms with Crippen LogP contribution in [0.15, 0.2) is 42.6 Å². The van der Waals surface area contributed by atoms with Crippen molar-refractivity contribution in [3.05, 3.63) is 53.0 Å². The Morgan fingerprint density at radius 1 is 1.36 bits per heavy atom. The minimum atomic E-state index is 0.00449. The van der Waals surface area contributed by atoms with E-state index < -0.39 is 0 Å². The topological polar surface area (TPSA) is 58.1 Å². The second kappa shape index (κ2) is 6.80. The molecule has 25 heavy (non-hydrogen) atoms. The number of benzene rings is 1. The van der Waals surface area contributed by atoms with Crippen molar-refractivity contribution in [3.63, 3.8) is 0 Å². The monoisotopic (exact) mass is 352 g/mol. The molecule has 1 atom stereocenters. The van der Waals surface area contributed by atoms with Crippen molar-refractivity contribution in [2.45, 2.75) is 25.8 Å². The summed E-state index contributed by atoms with van der Waals surface area (Å²) in [5, 5.41) is 12.4. The van der Waals surface area contributed by atoms with Crippen LogP contribution in [0.2, 0.25) is 0 Å². The first-order valence-corrected chi connectivity index (χ1v) is 9.35. The standard InChI is InChI=1S/C19H20N4OS/c1-13-6-7-16-14(10-13)11-17(25-16)19(24)20-12-15-4-3-9-23(15)18-5-2-8-21-22-18/h2,5-8,10-11,15H,3-4,9,12H2,1H3,(H,20,24). The summed E-state index contributed by atoms with van der Waals surface area (Å²) in [6.45, 7) is 3.65. The summed E-state index contributed by atoms with van der Waals surface area (Å²) in [4.78, 5) is 15.6. The minimum absolute atomic E-state index is 0.00449. The highest BCUT2D eigenvalue weighted by atomic mass is 32.1.